The topological polar surface area (TPSA) is 87.2 Å². The van der Waals surface area contributed by atoms with Crippen LogP contribution in [0.4, 0.5) is 5.69 Å². The van der Waals surface area contributed by atoms with E-state index >= 15 is 0 Å². The van der Waals surface area contributed by atoms with Crippen LogP contribution >= 0.6 is 0 Å². The van der Waals surface area contributed by atoms with Gasteiger partial charge in [0.2, 0.25) is 0 Å². The Morgan fingerprint density at radius 2 is 2.19 bits per heavy atom. The number of hydrogen-bond acceptors (Lipinski definition) is 5. The molecule has 0 saturated heterocycles. The maximum absolute atomic E-state index is 12.2. The highest BCUT2D eigenvalue weighted by atomic mass is 16.6. The van der Waals surface area contributed by atoms with Gasteiger partial charge in [0.05, 0.1) is 17.5 Å². The van der Waals surface area contributed by atoms with Crippen molar-refractivity contribution in [1.29, 1.82) is 5.26 Å². The van der Waals surface area contributed by atoms with Gasteiger partial charge in [0.25, 0.3) is 5.69 Å². The lowest BCUT2D eigenvalue weighted by molar-refractivity contribution is -0.384. The van der Waals surface area contributed by atoms with Gasteiger partial charge >= 0.3 is 0 Å². The van der Waals surface area contributed by atoms with Crippen molar-refractivity contribution < 1.29 is 9.72 Å². The van der Waals surface area contributed by atoms with Gasteiger partial charge in [0.1, 0.15) is 0 Å². The standard InChI is InChI=1S/C15H19N3O3/c1-12(2)10-17(8-4-7-16)11-15(19)13-5-3-6-14(9-13)18(20)21/h3,5-6,9,12H,4,8,10-11H2,1-2H3. The Bertz CT molecular complexity index is 549. The van der Waals surface area contributed by atoms with Crippen LogP contribution in [0.25, 0.3) is 0 Å². The molecule has 1 rings (SSSR count). The Morgan fingerprint density at radius 1 is 1.48 bits per heavy atom. The normalized spacial score (nSPS) is 10.6. The van der Waals surface area contributed by atoms with Gasteiger partial charge < -0.3 is 0 Å². The lowest BCUT2D eigenvalue weighted by Gasteiger charge is -2.22. The monoisotopic (exact) mass is 289 g/mol. The Morgan fingerprint density at radius 3 is 2.76 bits per heavy atom. The summed E-state index contributed by atoms with van der Waals surface area (Å²) in [5.74, 6) is 0.207. The van der Waals surface area contributed by atoms with Crippen molar-refractivity contribution in [2.45, 2.75) is 20.3 Å². The number of ketones is 1. The van der Waals surface area contributed by atoms with Crippen molar-refractivity contribution in [1.82, 2.24) is 4.90 Å². The van der Waals surface area contributed by atoms with Crippen LogP contribution in [0, 0.1) is 27.4 Å². The molecule has 0 aromatic heterocycles. The molecule has 0 aliphatic carbocycles. The first-order valence-corrected chi connectivity index (χ1v) is 6.81. The first-order valence-electron chi connectivity index (χ1n) is 6.81. The molecule has 0 amide bonds. The molecule has 0 unspecified atom stereocenters. The summed E-state index contributed by atoms with van der Waals surface area (Å²) in [6, 6.07) is 7.80. The predicted molar refractivity (Wildman–Crippen MR) is 78.9 cm³/mol. The smallest absolute Gasteiger partial charge is 0.270 e. The number of nitriles is 1. The quantitative estimate of drug-likeness (QED) is 0.417. The number of Topliss-reactive ketones (excluding diaryl/α,β-unsaturated/α-hetero) is 1. The average molecular weight is 289 g/mol. The van der Waals surface area contributed by atoms with E-state index in [-0.39, 0.29) is 18.0 Å². The van der Waals surface area contributed by atoms with Crippen LogP contribution in [-0.4, -0.2) is 35.2 Å². The number of nitro groups is 1. The molecule has 0 radical (unpaired) electrons. The summed E-state index contributed by atoms with van der Waals surface area (Å²) in [4.78, 5) is 24.4. The minimum atomic E-state index is -0.516. The van der Waals surface area contributed by atoms with E-state index in [2.05, 4.69) is 6.07 Å². The number of nitro benzene ring substituents is 1. The Balaban J connectivity index is 2.78. The van der Waals surface area contributed by atoms with E-state index in [0.717, 1.165) is 0 Å². The number of benzene rings is 1. The van der Waals surface area contributed by atoms with Crippen LogP contribution in [0.15, 0.2) is 24.3 Å². The summed E-state index contributed by atoms with van der Waals surface area (Å²) in [5, 5.41) is 19.4. The highest BCUT2D eigenvalue weighted by molar-refractivity contribution is 5.98. The number of non-ortho nitro benzene ring substituents is 1. The highest BCUT2D eigenvalue weighted by Gasteiger charge is 2.16. The molecule has 0 spiro atoms. The van der Waals surface area contributed by atoms with Crippen LogP contribution in [0.5, 0.6) is 0 Å². The molecule has 0 aliphatic rings. The summed E-state index contributed by atoms with van der Waals surface area (Å²) in [6.45, 7) is 5.48. The number of hydrogen-bond donors (Lipinski definition) is 0. The van der Waals surface area contributed by atoms with E-state index in [1.54, 1.807) is 6.07 Å². The lowest BCUT2D eigenvalue weighted by atomic mass is 10.1. The molecule has 0 aliphatic heterocycles. The van der Waals surface area contributed by atoms with E-state index < -0.39 is 4.92 Å². The Labute approximate surface area is 124 Å². The van der Waals surface area contributed by atoms with Gasteiger partial charge in [-0.25, -0.2) is 0 Å². The molecule has 0 saturated carbocycles. The zero-order valence-electron chi connectivity index (χ0n) is 12.3. The van der Waals surface area contributed by atoms with Crippen LogP contribution in [0.3, 0.4) is 0 Å². The third-order valence-corrected chi connectivity index (χ3v) is 2.91. The SMILES string of the molecule is CC(C)CN(CCC#N)CC(=O)c1cccc([N+](=O)[O-])c1. The first-order chi connectivity index (χ1) is 9.93. The van der Waals surface area contributed by atoms with Crippen LogP contribution < -0.4 is 0 Å². The molecule has 6 heteroatoms. The van der Waals surface area contributed by atoms with Gasteiger partial charge in [-0.2, -0.15) is 5.26 Å². The zero-order valence-corrected chi connectivity index (χ0v) is 12.3. The molecular formula is C15H19N3O3. The minimum Gasteiger partial charge on any atom is -0.295 e. The predicted octanol–water partition coefficient (Wildman–Crippen LogP) is 2.65. The summed E-state index contributed by atoms with van der Waals surface area (Å²) in [5.41, 5.74) is 0.239. The second-order valence-electron chi connectivity index (χ2n) is 5.27. The van der Waals surface area contributed by atoms with Crippen molar-refractivity contribution in [2.75, 3.05) is 19.6 Å². The third kappa shape index (κ3) is 5.71. The molecule has 0 heterocycles. The van der Waals surface area contributed by atoms with Gasteiger partial charge in [-0.3, -0.25) is 19.8 Å². The summed E-state index contributed by atoms with van der Waals surface area (Å²) in [7, 11) is 0. The highest BCUT2D eigenvalue weighted by Crippen LogP contribution is 2.14. The molecule has 1 aromatic carbocycles. The maximum Gasteiger partial charge on any atom is 0.270 e. The molecule has 0 bridgehead atoms. The third-order valence-electron chi connectivity index (χ3n) is 2.91. The molecular weight excluding hydrogens is 270 g/mol. The first kappa shape index (κ1) is 16.8. The number of carbonyl (C=O) groups is 1. The molecule has 0 N–H and O–H groups in total. The largest absolute Gasteiger partial charge is 0.295 e. The second kappa shape index (κ2) is 8.12. The van der Waals surface area contributed by atoms with E-state index in [4.69, 9.17) is 5.26 Å². The fourth-order valence-corrected chi connectivity index (χ4v) is 2.05. The van der Waals surface area contributed by atoms with Gasteiger partial charge in [-0.1, -0.05) is 26.0 Å². The zero-order chi connectivity index (χ0) is 15.8. The summed E-state index contributed by atoms with van der Waals surface area (Å²) in [6.07, 6.45) is 0.356. The van der Waals surface area contributed by atoms with Crippen molar-refractivity contribution in [3.8, 4) is 6.07 Å². The van der Waals surface area contributed by atoms with Crippen LogP contribution in [0.1, 0.15) is 30.6 Å². The van der Waals surface area contributed by atoms with Crippen molar-refractivity contribution in [2.24, 2.45) is 5.92 Å². The molecule has 21 heavy (non-hydrogen) atoms. The van der Waals surface area contributed by atoms with Gasteiger partial charge in [0, 0.05) is 37.2 Å². The number of carbonyl (C=O) groups excluding carboxylic acids is 1. The van der Waals surface area contributed by atoms with E-state index in [0.29, 0.717) is 31.0 Å². The van der Waals surface area contributed by atoms with Crippen LogP contribution in [0.2, 0.25) is 0 Å². The summed E-state index contributed by atoms with van der Waals surface area (Å²) < 4.78 is 0. The van der Waals surface area contributed by atoms with Gasteiger partial charge in [0.15, 0.2) is 5.78 Å². The number of rotatable bonds is 8. The van der Waals surface area contributed by atoms with Crippen molar-refractivity contribution >= 4 is 11.5 Å². The van der Waals surface area contributed by atoms with Crippen LogP contribution in [-0.2, 0) is 0 Å². The lowest BCUT2D eigenvalue weighted by Crippen LogP contribution is -2.33. The Hall–Kier alpha value is -2.26. The molecule has 0 fully saturated rings. The van der Waals surface area contributed by atoms with E-state index in [1.807, 2.05) is 18.7 Å². The Kier molecular flexibility index (Phi) is 6.50. The molecule has 1 aromatic rings. The van der Waals surface area contributed by atoms with E-state index in [1.165, 1.54) is 18.2 Å². The van der Waals surface area contributed by atoms with Crippen molar-refractivity contribution in [3.63, 3.8) is 0 Å². The van der Waals surface area contributed by atoms with Crippen molar-refractivity contribution in [3.05, 3.63) is 39.9 Å². The molecule has 112 valence electrons. The fourth-order valence-electron chi connectivity index (χ4n) is 2.05. The maximum atomic E-state index is 12.2. The number of nitrogens with zero attached hydrogens (tertiary/aromatic N) is 3. The molecule has 6 nitrogen and oxygen atoms in total. The fraction of sp³-hybridized carbons (Fsp3) is 0.467. The summed E-state index contributed by atoms with van der Waals surface area (Å²) >= 11 is 0. The minimum absolute atomic E-state index is 0.0896. The van der Waals surface area contributed by atoms with E-state index in [9.17, 15) is 14.9 Å². The van der Waals surface area contributed by atoms with Gasteiger partial charge in [-0.05, 0) is 5.92 Å². The average Bonchev–Trinajstić information content (AvgIpc) is 2.44. The molecule has 0 atom stereocenters. The van der Waals surface area contributed by atoms with Gasteiger partial charge in [-0.15, -0.1) is 0 Å². The second-order valence-corrected chi connectivity index (χ2v) is 5.27.